The predicted octanol–water partition coefficient (Wildman–Crippen LogP) is 2.10. The fraction of sp³-hybridized carbons (Fsp3) is 0.500. The topological polar surface area (TPSA) is 36.4 Å². The molecule has 17 heavy (non-hydrogen) atoms. The molecule has 0 aromatic carbocycles. The van der Waals surface area contributed by atoms with Crippen molar-refractivity contribution in [3.63, 3.8) is 0 Å². The highest BCUT2D eigenvalue weighted by molar-refractivity contribution is 5.45. The van der Waals surface area contributed by atoms with Gasteiger partial charge in [-0.2, -0.15) is 13.2 Å². The number of aliphatic hydroxyl groups excluding tert-OH is 1. The Hall–Kier alpha value is -1.37. The van der Waals surface area contributed by atoms with Crippen LogP contribution in [0, 0.1) is 5.82 Å². The molecule has 0 atom stereocenters. The fourth-order valence-corrected chi connectivity index (χ4v) is 1.33. The van der Waals surface area contributed by atoms with Gasteiger partial charge in [0.15, 0.2) is 0 Å². The largest absolute Gasteiger partial charge is 0.392 e. The number of halogens is 4. The molecule has 7 heteroatoms. The highest BCUT2D eigenvalue weighted by Crippen LogP contribution is 2.22. The molecule has 0 unspecified atom stereocenters. The van der Waals surface area contributed by atoms with E-state index in [9.17, 15) is 17.6 Å². The molecule has 0 aliphatic rings. The second kappa shape index (κ2) is 5.31. The molecular weight excluding hydrogens is 240 g/mol. The van der Waals surface area contributed by atoms with Crippen LogP contribution in [0.4, 0.5) is 23.4 Å². The van der Waals surface area contributed by atoms with Crippen LogP contribution in [0.15, 0.2) is 12.3 Å². The summed E-state index contributed by atoms with van der Waals surface area (Å²) in [6.07, 6.45) is -4.35. The third-order valence-electron chi connectivity index (χ3n) is 2.17. The maximum atomic E-state index is 12.8. The average molecular weight is 252 g/mol. The first kappa shape index (κ1) is 13.7. The van der Waals surface area contributed by atoms with Crippen molar-refractivity contribution in [3.05, 3.63) is 23.6 Å². The minimum absolute atomic E-state index is 0.151. The Morgan fingerprint density at radius 2 is 2.06 bits per heavy atom. The maximum Gasteiger partial charge on any atom is 0.390 e. The molecule has 1 aromatic rings. The number of nitrogens with zero attached hydrogens (tertiary/aromatic N) is 2. The molecule has 0 aliphatic heterocycles. The van der Waals surface area contributed by atoms with E-state index in [4.69, 9.17) is 5.11 Å². The second-order valence-corrected chi connectivity index (χ2v) is 3.58. The van der Waals surface area contributed by atoms with Gasteiger partial charge in [0.2, 0.25) is 0 Å². The Morgan fingerprint density at radius 1 is 1.41 bits per heavy atom. The minimum atomic E-state index is -4.26. The highest BCUT2D eigenvalue weighted by Gasteiger charge is 2.27. The summed E-state index contributed by atoms with van der Waals surface area (Å²) in [5.74, 6) is -0.486. The van der Waals surface area contributed by atoms with Crippen molar-refractivity contribution < 1.29 is 22.7 Å². The fourth-order valence-electron chi connectivity index (χ4n) is 1.33. The first-order valence-corrected chi connectivity index (χ1v) is 4.86. The summed E-state index contributed by atoms with van der Waals surface area (Å²) >= 11 is 0. The van der Waals surface area contributed by atoms with Gasteiger partial charge in [0.25, 0.3) is 0 Å². The predicted molar refractivity (Wildman–Crippen MR) is 54.1 cm³/mol. The molecule has 0 radical (unpaired) electrons. The summed E-state index contributed by atoms with van der Waals surface area (Å²) in [7, 11) is 1.41. The number of aromatic nitrogens is 1. The summed E-state index contributed by atoms with van der Waals surface area (Å²) in [5, 5.41) is 8.96. The average Bonchev–Trinajstić information content (AvgIpc) is 2.24. The molecule has 0 fully saturated rings. The van der Waals surface area contributed by atoms with Gasteiger partial charge >= 0.3 is 6.18 Å². The summed E-state index contributed by atoms with van der Waals surface area (Å²) in [6.45, 7) is -0.772. The van der Waals surface area contributed by atoms with E-state index in [2.05, 4.69) is 4.98 Å². The van der Waals surface area contributed by atoms with Gasteiger partial charge in [-0.1, -0.05) is 0 Å². The number of hydrogen-bond acceptors (Lipinski definition) is 3. The van der Waals surface area contributed by atoms with Crippen LogP contribution in [0.5, 0.6) is 0 Å². The monoisotopic (exact) mass is 252 g/mol. The van der Waals surface area contributed by atoms with Crippen LogP contribution in [-0.2, 0) is 6.61 Å². The van der Waals surface area contributed by atoms with Crippen LogP contribution in [0.2, 0.25) is 0 Å². The zero-order chi connectivity index (χ0) is 13.1. The Kier molecular flexibility index (Phi) is 4.28. The molecule has 0 bridgehead atoms. The number of rotatable bonds is 4. The highest BCUT2D eigenvalue weighted by atomic mass is 19.4. The number of hydrogen-bond donors (Lipinski definition) is 1. The quantitative estimate of drug-likeness (QED) is 0.834. The zero-order valence-corrected chi connectivity index (χ0v) is 9.13. The first-order valence-electron chi connectivity index (χ1n) is 4.86. The van der Waals surface area contributed by atoms with Gasteiger partial charge in [-0.15, -0.1) is 0 Å². The normalized spacial score (nSPS) is 11.6. The smallest absolute Gasteiger partial charge is 0.390 e. The van der Waals surface area contributed by atoms with Crippen molar-refractivity contribution in [2.75, 3.05) is 18.5 Å². The zero-order valence-electron chi connectivity index (χ0n) is 9.13. The van der Waals surface area contributed by atoms with Crippen LogP contribution in [0.1, 0.15) is 12.0 Å². The number of aliphatic hydroxyl groups is 1. The van der Waals surface area contributed by atoms with Crippen LogP contribution in [0.25, 0.3) is 0 Å². The lowest BCUT2D eigenvalue weighted by atomic mass is 10.2. The minimum Gasteiger partial charge on any atom is -0.392 e. The van der Waals surface area contributed by atoms with E-state index in [1.807, 2.05) is 0 Å². The lowest BCUT2D eigenvalue weighted by molar-refractivity contribution is -0.132. The first-order chi connectivity index (χ1) is 7.83. The molecule has 1 rings (SSSR count). The lowest BCUT2D eigenvalue weighted by Crippen LogP contribution is -2.25. The van der Waals surface area contributed by atoms with Crippen LogP contribution >= 0.6 is 0 Å². The van der Waals surface area contributed by atoms with Crippen molar-refractivity contribution in [2.24, 2.45) is 0 Å². The van der Waals surface area contributed by atoms with E-state index in [0.29, 0.717) is 0 Å². The molecule has 0 saturated carbocycles. The van der Waals surface area contributed by atoms with E-state index >= 15 is 0 Å². The molecule has 0 aliphatic carbocycles. The van der Waals surface area contributed by atoms with Gasteiger partial charge < -0.3 is 10.0 Å². The van der Waals surface area contributed by atoms with E-state index in [1.54, 1.807) is 0 Å². The Morgan fingerprint density at radius 3 is 2.59 bits per heavy atom. The van der Waals surface area contributed by atoms with Crippen molar-refractivity contribution in [1.29, 1.82) is 0 Å². The Bertz CT molecular complexity index is 381. The number of alkyl halides is 3. The van der Waals surface area contributed by atoms with Crippen molar-refractivity contribution in [1.82, 2.24) is 4.98 Å². The molecule has 0 amide bonds. The summed E-state index contributed by atoms with van der Waals surface area (Å²) in [6, 6.07) is 1.05. The Balaban J connectivity index is 2.78. The van der Waals surface area contributed by atoms with Crippen LogP contribution in [0.3, 0.4) is 0 Å². The van der Waals surface area contributed by atoms with E-state index in [0.717, 1.165) is 12.3 Å². The van der Waals surface area contributed by atoms with Crippen molar-refractivity contribution in [2.45, 2.75) is 19.2 Å². The lowest BCUT2D eigenvalue weighted by Gasteiger charge is -2.21. The van der Waals surface area contributed by atoms with Crippen molar-refractivity contribution >= 4 is 5.82 Å². The molecule has 0 saturated heterocycles. The van der Waals surface area contributed by atoms with E-state index in [-0.39, 0.29) is 17.9 Å². The third-order valence-corrected chi connectivity index (χ3v) is 2.17. The van der Waals surface area contributed by atoms with Gasteiger partial charge in [-0.25, -0.2) is 9.37 Å². The van der Waals surface area contributed by atoms with Gasteiger partial charge in [0, 0.05) is 19.2 Å². The SMILES string of the molecule is CN(CCC(F)(F)F)c1ncc(F)cc1CO. The van der Waals surface area contributed by atoms with Gasteiger partial charge in [-0.3, -0.25) is 0 Å². The van der Waals surface area contributed by atoms with Crippen molar-refractivity contribution in [3.8, 4) is 0 Å². The Labute approximate surface area is 95.7 Å². The third kappa shape index (κ3) is 4.18. The maximum absolute atomic E-state index is 12.8. The number of pyridine rings is 1. The molecule has 0 spiro atoms. The van der Waals surface area contributed by atoms with E-state index < -0.39 is 25.0 Å². The summed E-state index contributed by atoms with van der Waals surface area (Å²) < 4.78 is 48.9. The molecule has 1 N–H and O–H groups in total. The van der Waals surface area contributed by atoms with Gasteiger partial charge in [-0.05, 0) is 6.07 Å². The molecular formula is C10H12F4N2O. The van der Waals surface area contributed by atoms with Gasteiger partial charge in [0.05, 0.1) is 19.2 Å². The summed E-state index contributed by atoms with van der Waals surface area (Å²) in [4.78, 5) is 4.91. The molecule has 1 aromatic heterocycles. The standard InChI is InChI=1S/C10H12F4N2O/c1-16(3-2-10(12,13)14)9-7(6-17)4-8(11)5-15-9/h4-5,17H,2-3,6H2,1H3. The van der Waals surface area contributed by atoms with Crippen LogP contribution < -0.4 is 4.90 Å². The molecule has 96 valence electrons. The second-order valence-electron chi connectivity index (χ2n) is 3.58. The van der Waals surface area contributed by atoms with Crippen LogP contribution in [-0.4, -0.2) is 29.9 Å². The van der Waals surface area contributed by atoms with Gasteiger partial charge in [0.1, 0.15) is 11.6 Å². The summed E-state index contributed by atoms with van der Waals surface area (Å²) in [5.41, 5.74) is 0.162. The number of anilines is 1. The van der Waals surface area contributed by atoms with E-state index in [1.165, 1.54) is 11.9 Å². The molecule has 1 heterocycles. The molecule has 3 nitrogen and oxygen atoms in total.